The molecule has 4 nitrogen and oxygen atoms in total. The second kappa shape index (κ2) is 1.93. The zero-order chi connectivity index (χ0) is 7.99. The first-order valence-corrected chi connectivity index (χ1v) is 5.57. The summed E-state index contributed by atoms with van der Waals surface area (Å²) < 4.78 is 47.5. The molecular weight excluding hydrogens is 183 g/mol. The molecule has 7 heteroatoms. The molecule has 1 aliphatic heterocycles. The van der Waals surface area contributed by atoms with Gasteiger partial charge >= 0.3 is 10.1 Å². The van der Waals surface area contributed by atoms with E-state index in [0.29, 0.717) is 0 Å². The quantitative estimate of drug-likeness (QED) is 0.470. The Balaban J connectivity index is 3.16. The maximum absolute atomic E-state index is 12.3. The molecule has 1 rings (SSSR count). The molecule has 0 spiro atoms. The predicted molar refractivity (Wildman–Crippen MR) is 35.0 cm³/mol. The zero-order valence-corrected chi connectivity index (χ0v) is 6.45. The van der Waals surface area contributed by atoms with Crippen molar-refractivity contribution in [1.29, 1.82) is 0 Å². The predicted octanol–water partition coefficient (Wildman–Crippen LogP) is -0.727. The van der Waals surface area contributed by atoms with Crippen molar-refractivity contribution in [3.05, 3.63) is 0 Å². The number of hydrogen-bond donors (Lipinski definition) is 0. The molecule has 0 N–H and O–H groups in total. The molecule has 0 bridgehead atoms. The number of halogens is 1. The first-order valence-electron chi connectivity index (χ1n) is 2.27. The fraction of sp³-hybridized carbons (Fsp3) is 0.667. The summed E-state index contributed by atoms with van der Waals surface area (Å²) in [7, 11) is -7.40. The van der Waals surface area contributed by atoms with Gasteiger partial charge in [0.2, 0.25) is 5.50 Å². The molecule has 1 aliphatic rings. The average molecular weight is 188 g/mol. The molecule has 0 aromatic carbocycles. The smallest absolute Gasteiger partial charge is 0.240 e. The largest absolute Gasteiger partial charge is 0.313 e. The summed E-state index contributed by atoms with van der Waals surface area (Å²) in [6, 6.07) is 0. The van der Waals surface area contributed by atoms with E-state index in [1.807, 2.05) is 0 Å². The van der Waals surface area contributed by atoms with Gasteiger partial charge in [0, 0.05) is 0 Å². The molecular formula is C3H5FO4S2. The molecule has 1 heterocycles. The van der Waals surface area contributed by atoms with Crippen LogP contribution in [0.1, 0.15) is 0 Å². The van der Waals surface area contributed by atoms with E-state index in [1.54, 1.807) is 0 Å². The van der Waals surface area contributed by atoms with Crippen LogP contribution in [0.3, 0.4) is 0 Å². The van der Waals surface area contributed by atoms with Gasteiger partial charge in [-0.05, 0) is 5.87 Å². The summed E-state index contributed by atoms with van der Waals surface area (Å²) in [6.07, 6.45) is 0. The van der Waals surface area contributed by atoms with Crippen molar-refractivity contribution in [2.24, 2.45) is 0 Å². The van der Waals surface area contributed by atoms with Crippen molar-refractivity contribution in [1.82, 2.24) is 0 Å². The molecule has 0 amide bonds. The zero-order valence-electron chi connectivity index (χ0n) is 4.82. The van der Waals surface area contributed by atoms with Crippen LogP contribution in [-0.2, 0) is 23.6 Å². The van der Waals surface area contributed by atoms with Crippen LogP contribution in [0.5, 0.6) is 0 Å². The summed E-state index contributed by atoms with van der Waals surface area (Å²) in [6.45, 7) is 0. The van der Waals surface area contributed by atoms with Crippen LogP contribution in [0.25, 0.3) is 0 Å². The van der Waals surface area contributed by atoms with E-state index in [2.05, 4.69) is 9.50 Å². The summed E-state index contributed by atoms with van der Waals surface area (Å²) in [5.74, 6) is 2.24. The fourth-order valence-electron chi connectivity index (χ4n) is 0.526. The third kappa shape index (κ3) is 1.30. The van der Waals surface area contributed by atoms with Crippen LogP contribution in [-0.4, -0.2) is 29.8 Å². The van der Waals surface area contributed by atoms with Gasteiger partial charge in [0.05, 0.1) is 15.6 Å². The van der Waals surface area contributed by atoms with Crippen LogP contribution >= 0.6 is 0 Å². The van der Waals surface area contributed by atoms with Gasteiger partial charge in [-0.1, -0.05) is 0 Å². The third-order valence-corrected chi connectivity index (χ3v) is 4.47. The molecule has 60 valence electrons. The highest BCUT2D eigenvalue weighted by atomic mass is 32.3. The van der Waals surface area contributed by atoms with Gasteiger partial charge in [-0.15, -0.1) is 0 Å². The van der Waals surface area contributed by atoms with Crippen molar-refractivity contribution in [3.63, 3.8) is 0 Å². The fourth-order valence-corrected chi connectivity index (χ4v) is 4.16. The number of rotatable bonds is 0. The van der Waals surface area contributed by atoms with E-state index in [-0.39, 0.29) is 0 Å². The Labute approximate surface area is 58.3 Å². The molecule has 1 saturated heterocycles. The molecule has 0 saturated carbocycles. The minimum atomic E-state index is -4.24. The van der Waals surface area contributed by atoms with Crippen molar-refractivity contribution >= 4 is 25.8 Å². The molecule has 2 atom stereocenters. The van der Waals surface area contributed by atoms with E-state index in [4.69, 9.17) is 0 Å². The van der Waals surface area contributed by atoms with E-state index in [9.17, 15) is 17.0 Å². The highest BCUT2D eigenvalue weighted by Crippen LogP contribution is 2.20. The normalized spacial score (nSPS) is 45.5. The molecule has 0 aliphatic carbocycles. The molecule has 1 fully saturated rings. The Bertz CT molecular complexity index is 326. The Morgan fingerprint density at radius 2 is 2.00 bits per heavy atom. The molecule has 10 heavy (non-hydrogen) atoms. The van der Waals surface area contributed by atoms with Gasteiger partial charge < -0.3 is 0 Å². The summed E-state index contributed by atoms with van der Waals surface area (Å²) in [5.41, 5.74) is -2.18. The highest BCUT2D eigenvalue weighted by Gasteiger charge is 2.39. The lowest BCUT2D eigenvalue weighted by Gasteiger charge is -1.90. The van der Waals surface area contributed by atoms with Crippen molar-refractivity contribution < 1.29 is 20.6 Å². The van der Waals surface area contributed by atoms with Crippen LogP contribution < -0.4 is 0 Å². The van der Waals surface area contributed by atoms with Crippen molar-refractivity contribution in [2.45, 2.75) is 5.50 Å². The Hall–Kier alpha value is -0.140. The second-order valence-corrected chi connectivity index (χ2v) is 5.74. The maximum Gasteiger partial charge on any atom is 0.313 e. The number of hydrogen-bond acceptors (Lipinski definition) is 4. The molecule has 0 aromatic heterocycles. The average Bonchev–Trinajstić information content (AvgIpc) is 1.73. The van der Waals surface area contributed by atoms with Crippen molar-refractivity contribution in [3.8, 4) is 0 Å². The highest BCUT2D eigenvalue weighted by molar-refractivity contribution is 8.08. The van der Waals surface area contributed by atoms with Gasteiger partial charge in [-0.2, -0.15) is 12.0 Å². The van der Waals surface area contributed by atoms with E-state index >= 15 is 0 Å². The van der Waals surface area contributed by atoms with Crippen LogP contribution in [0, 0.1) is 0 Å². The Morgan fingerprint density at radius 3 is 2.10 bits per heavy atom. The first-order chi connectivity index (χ1) is 4.33. The van der Waals surface area contributed by atoms with Crippen LogP contribution in [0.15, 0.2) is 0 Å². The summed E-state index contributed by atoms with van der Waals surface area (Å²) >= 11 is 0. The minimum absolute atomic E-state index is 0.657. The topological polar surface area (TPSA) is 60.4 Å². The lowest BCUT2D eigenvalue weighted by Crippen LogP contribution is -2.10. The Morgan fingerprint density at radius 1 is 1.50 bits per heavy atom. The van der Waals surface area contributed by atoms with Crippen LogP contribution in [0.2, 0.25) is 0 Å². The van der Waals surface area contributed by atoms with Gasteiger partial charge in [-0.25, -0.2) is 8.60 Å². The summed E-state index contributed by atoms with van der Waals surface area (Å²) in [5, 5.41) is 0. The van der Waals surface area contributed by atoms with Gasteiger partial charge in [0.1, 0.15) is 0 Å². The first kappa shape index (κ1) is 7.96. The SMILES string of the molecule is C=S1(=O)CC(F)S(=O)(=O)O1. The van der Waals surface area contributed by atoms with Gasteiger partial charge in [-0.3, -0.25) is 0 Å². The van der Waals surface area contributed by atoms with Crippen molar-refractivity contribution in [2.75, 3.05) is 5.75 Å². The van der Waals surface area contributed by atoms with Crippen LogP contribution in [0.4, 0.5) is 4.39 Å². The molecule has 2 unspecified atom stereocenters. The Kier molecular flexibility index (Phi) is 1.53. The lowest BCUT2D eigenvalue weighted by molar-refractivity contribution is 0.428. The standard InChI is InChI=1S/C3H5FO4S2/c1-9(5)2-3(4)10(6,7)8-9/h3H,1-2H2. The monoisotopic (exact) mass is 188 g/mol. The summed E-state index contributed by atoms with van der Waals surface area (Å²) in [4.78, 5) is 0. The van der Waals surface area contributed by atoms with E-state index in [0.717, 1.165) is 0 Å². The minimum Gasteiger partial charge on any atom is -0.240 e. The molecule has 0 aromatic rings. The van der Waals surface area contributed by atoms with Gasteiger partial charge in [0.25, 0.3) is 0 Å². The number of alkyl halides is 1. The second-order valence-electron chi connectivity index (χ2n) is 1.88. The molecule has 0 radical (unpaired) electrons. The lowest BCUT2D eigenvalue weighted by atomic mass is 10.9. The van der Waals surface area contributed by atoms with E-state index in [1.165, 1.54) is 0 Å². The van der Waals surface area contributed by atoms with E-state index < -0.39 is 31.2 Å². The van der Waals surface area contributed by atoms with Gasteiger partial charge in [0.15, 0.2) is 0 Å². The third-order valence-electron chi connectivity index (χ3n) is 0.917. The maximum atomic E-state index is 12.3.